The molecular formula is C14H15N3O3S. The molecule has 0 spiro atoms. The third-order valence-electron chi connectivity index (χ3n) is 2.53. The smallest absolute Gasteiger partial charge is 0.295 e. The van der Waals surface area contributed by atoms with Crippen molar-refractivity contribution in [2.75, 3.05) is 5.73 Å². The van der Waals surface area contributed by atoms with Gasteiger partial charge in [0.15, 0.2) is 0 Å². The lowest BCUT2D eigenvalue weighted by molar-refractivity contribution is -0.384. The molecule has 2 N–H and O–H groups in total. The van der Waals surface area contributed by atoms with Crippen LogP contribution in [0.25, 0.3) is 0 Å². The first-order chi connectivity index (χ1) is 9.97. The molecule has 1 aromatic heterocycles. The second-order valence-corrected chi connectivity index (χ2v) is 5.68. The molecular weight excluding hydrogens is 290 g/mol. The van der Waals surface area contributed by atoms with E-state index < -0.39 is 4.92 Å². The first kappa shape index (κ1) is 15.1. The average molecular weight is 305 g/mol. The van der Waals surface area contributed by atoms with E-state index in [1.54, 1.807) is 18.5 Å². The lowest BCUT2D eigenvalue weighted by Crippen LogP contribution is -2.07. The minimum absolute atomic E-state index is 0.0926. The standard InChI is InChI=1S/C14H15N3O3S/c1-9(2)20-13-8-12(17(18)19)11(15)7-14(13)21-10-3-5-16-6-4-10/h3-9H,15H2,1-2H3. The third-order valence-corrected chi connectivity index (χ3v) is 3.58. The molecule has 0 bridgehead atoms. The highest BCUT2D eigenvalue weighted by atomic mass is 32.2. The monoisotopic (exact) mass is 305 g/mol. The Morgan fingerprint density at radius 1 is 1.33 bits per heavy atom. The Kier molecular flexibility index (Phi) is 4.64. The minimum Gasteiger partial charge on any atom is -0.490 e. The van der Waals surface area contributed by atoms with Crippen LogP contribution in [-0.2, 0) is 0 Å². The number of hydrogen-bond acceptors (Lipinski definition) is 6. The van der Waals surface area contributed by atoms with Crippen molar-refractivity contribution in [3.8, 4) is 5.75 Å². The highest BCUT2D eigenvalue weighted by molar-refractivity contribution is 7.99. The van der Waals surface area contributed by atoms with Crippen molar-refractivity contribution in [2.45, 2.75) is 29.7 Å². The highest BCUT2D eigenvalue weighted by Crippen LogP contribution is 2.40. The Bertz CT molecular complexity index is 647. The molecule has 110 valence electrons. The number of ether oxygens (including phenoxy) is 1. The summed E-state index contributed by atoms with van der Waals surface area (Å²) in [6, 6.07) is 6.64. The van der Waals surface area contributed by atoms with Crippen LogP contribution in [0.2, 0.25) is 0 Å². The lowest BCUT2D eigenvalue weighted by atomic mass is 10.2. The number of aromatic nitrogens is 1. The van der Waals surface area contributed by atoms with Crippen LogP contribution in [0.1, 0.15) is 13.8 Å². The summed E-state index contributed by atoms with van der Waals surface area (Å²) in [6.07, 6.45) is 3.27. The fraction of sp³-hybridized carbons (Fsp3) is 0.214. The number of rotatable bonds is 5. The summed E-state index contributed by atoms with van der Waals surface area (Å²) in [5.74, 6) is 0.452. The van der Waals surface area contributed by atoms with Crippen LogP contribution >= 0.6 is 11.8 Å². The molecule has 7 heteroatoms. The van der Waals surface area contributed by atoms with Crippen molar-refractivity contribution in [3.63, 3.8) is 0 Å². The van der Waals surface area contributed by atoms with E-state index in [1.165, 1.54) is 17.8 Å². The molecule has 0 atom stereocenters. The molecule has 2 rings (SSSR count). The second-order valence-electron chi connectivity index (χ2n) is 4.57. The molecule has 0 aliphatic heterocycles. The SMILES string of the molecule is CC(C)Oc1cc([N+](=O)[O-])c(N)cc1Sc1ccncc1. The number of nitro benzene ring substituents is 1. The molecule has 1 aromatic carbocycles. The number of nitrogens with zero attached hydrogens (tertiary/aromatic N) is 2. The number of benzene rings is 1. The number of nitro groups is 1. The molecule has 0 aliphatic carbocycles. The Hall–Kier alpha value is -2.28. The molecule has 21 heavy (non-hydrogen) atoms. The van der Waals surface area contributed by atoms with Gasteiger partial charge in [-0.2, -0.15) is 0 Å². The van der Waals surface area contributed by atoms with Gasteiger partial charge in [-0.3, -0.25) is 15.1 Å². The van der Waals surface area contributed by atoms with Crippen LogP contribution in [0.15, 0.2) is 46.5 Å². The van der Waals surface area contributed by atoms with Gasteiger partial charge in [0.2, 0.25) is 0 Å². The van der Waals surface area contributed by atoms with Gasteiger partial charge in [-0.25, -0.2) is 0 Å². The first-order valence-corrected chi connectivity index (χ1v) is 7.11. The van der Waals surface area contributed by atoms with Gasteiger partial charge in [-0.1, -0.05) is 11.8 Å². The van der Waals surface area contributed by atoms with Gasteiger partial charge in [0, 0.05) is 17.3 Å². The van der Waals surface area contributed by atoms with Gasteiger partial charge in [-0.05, 0) is 32.0 Å². The van der Waals surface area contributed by atoms with Gasteiger partial charge in [0.1, 0.15) is 11.4 Å². The first-order valence-electron chi connectivity index (χ1n) is 6.30. The van der Waals surface area contributed by atoms with Crippen LogP contribution in [0.3, 0.4) is 0 Å². The molecule has 0 fully saturated rings. The third kappa shape index (κ3) is 3.85. The van der Waals surface area contributed by atoms with E-state index in [9.17, 15) is 10.1 Å². The zero-order chi connectivity index (χ0) is 15.4. The summed E-state index contributed by atoms with van der Waals surface area (Å²) in [7, 11) is 0. The average Bonchev–Trinajstić information content (AvgIpc) is 2.42. The Balaban J connectivity index is 2.43. The van der Waals surface area contributed by atoms with E-state index in [0.717, 1.165) is 9.79 Å². The maximum atomic E-state index is 11.0. The molecule has 1 heterocycles. The zero-order valence-corrected chi connectivity index (χ0v) is 12.5. The van der Waals surface area contributed by atoms with E-state index >= 15 is 0 Å². The Morgan fingerprint density at radius 3 is 2.57 bits per heavy atom. The maximum Gasteiger partial charge on any atom is 0.295 e. The van der Waals surface area contributed by atoms with Crippen molar-refractivity contribution in [1.82, 2.24) is 4.98 Å². The lowest BCUT2D eigenvalue weighted by Gasteiger charge is -2.14. The second kappa shape index (κ2) is 6.45. The molecule has 0 saturated carbocycles. The molecule has 0 saturated heterocycles. The number of anilines is 1. The van der Waals surface area contributed by atoms with Crippen molar-refractivity contribution in [3.05, 3.63) is 46.8 Å². The summed E-state index contributed by atoms with van der Waals surface area (Å²) >= 11 is 1.42. The van der Waals surface area contributed by atoms with E-state index in [4.69, 9.17) is 10.5 Å². The maximum absolute atomic E-state index is 11.0. The van der Waals surface area contributed by atoms with Gasteiger partial charge in [0.25, 0.3) is 5.69 Å². The van der Waals surface area contributed by atoms with Crippen LogP contribution in [0.4, 0.5) is 11.4 Å². The minimum atomic E-state index is -0.511. The van der Waals surface area contributed by atoms with E-state index in [-0.39, 0.29) is 17.5 Å². The van der Waals surface area contributed by atoms with Crippen LogP contribution < -0.4 is 10.5 Å². The number of pyridine rings is 1. The van der Waals surface area contributed by atoms with Crippen molar-refractivity contribution in [1.29, 1.82) is 0 Å². The Morgan fingerprint density at radius 2 is 2.00 bits per heavy atom. The summed E-state index contributed by atoms with van der Waals surface area (Å²) in [4.78, 5) is 16.1. The van der Waals surface area contributed by atoms with Gasteiger partial charge in [0.05, 0.1) is 22.0 Å². The predicted octanol–water partition coefficient (Wildman–Crippen LogP) is 3.51. The molecule has 6 nitrogen and oxygen atoms in total. The molecule has 2 aromatic rings. The molecule has 0 unspecified atom stereocenters. The summed E-state index contributed by atoms with van der Waals surface area (Å²) in [6.45, 7) is 3.73. The molecule has 0 radical (unpaired) electrons. The number of hydrogen-bond donors (Lipinski definition) is 1. The predicted molar refractivity (Wildman–Crippen MR) is 81.6 cm³/mol. The van der Waals surface area contributed by atoms with Crippen LogP contribution in [-0.4, -0.2) is 16.0 Å². The summed E-state index contributed by atoms with van der Waals surface area (Å²) < 4.78 is 5.67. The summed E-state index contributed by atoms with van der Waals surface area (Å²) in [5.41, 5.74) is 5.72. The van der Waals surface area contributed by atoms with Crippen LogP contribution in [0.5, 0.6) is 5.75 Å². The number of nitrogens with two attached hydrogens (primary N) is 1. The normalized spacial score (nSPS) is 10.6. The van der Waals surface area contributed by atoms with Crippen molar-refractivity contribution in [2.24, 2.45) is 0 Å². The van der Waals surface area contributed by atoms with Gasteiger partial charge >= 0.3 is 0 Å². The zero-order valence-electron chi connectivity index (χ0n) is 11.6. The van der Waals surface area contributed by atoms with Crippen LogP contribution in [0, 0.1) is 10.1 Å². The van der Waals surface area contributed by atoms with Crippen molar-refractivity contribution < 1.29 is 9.66 Å². The molecule has 0 amide bonds. The van der Waals surface area contributed by atoms with E-state index in [1.807, 2.05) is 26.0 Å². The fourth-order valence-electron chi connectivity index (χ4n) is 1.68. The quantitative estimate of drug-likeness (QED) is 0.516. The highest BCUT2D eigenvalue weighted by Gasteiger charge is 2.18. The molecule has 0 aliphatic rings. The topological polar surface area (TPSA) is 91.3 Å². The largest absolute Gasteiger partial charge is 0.490 e. The van der Waals surface area contributed by atoms with E-state index in [2.05, 4.69) is 4.98 Å². The van der Waals surface area contributed by atoms with E-state index in [0.29, 0.717) is 5.75 Å². The Labute approximate surface area is 126 Å². The fourth-order valence-corrected chi connectivity index (χ4v) is 2.59. The summed E-state index contributed by atoms with van der Waals surface area (Å²) in [5, 5.41) is 11.0. The van der Waals surface area contributed by atoms with Crippen molar-refractivity contribution >= 4 is 23.1 Å². The van der Waals surface area contributed by atoms with Gasteiger partial charge in [-0.15, -0.1) is 0 Å². The number of nitrogen functional groups attached to an aromatic ring is 1. The van der Waals surface area contributed by atoms with Gasteiger partial charge < -0.3 is 10.5 Å².